The van der Waals surface area contributed by atoms with Gasteiger partial charge in [0, 0.05) is 12.7 Å². The molecule has 0 aromatic carbocycles. The van der Waals surface area contributed by atoms with Crippen molar-refractivity contribution in [2.24, 2.45) is 0 Å². The van der Waals surface area contributed by atoms with E-state index in [0.717, 1.165) is 45.2 Å². The largest absolute Gasteiger partial charge is 0.369 e. The number of rotatable bonds is 5. The minimum absolute atomic E-state index is 0.775. The molecule has 0 saturated carbocycles. The third kappa shape index (κ3) is 2.97. The summed E-state index contributed by atoms with van der Waals surface area (Å²) in [5.41, 5.74) is 2.93. The highest BCUT2D eigenvalue weighted by atomic mass is 127. The van der Waals surface area contributed by atoms with Crippen molar-refractivity contribution in [3.05, 3.63) is 21.0 Å². The Bertz CT molecular complexity index is 486. The van der Waals surface area contributed by atoms with Gasteiger partial charge < -0.3 is 5.32 Å². The molecule has 0 bridgehead atoms. The van der Waals surface area contributed by atoms with E-state index in [1.54, 1.807) is 11.3 Å². The number of thiazole rings is 1. The maximum Gasteiger partial charge on any atom is 0.173 e. The number of nitrogens with one attached hydrogen (secondary N) is 1. The van der Waals surface area contributed by atoms with Crippen LogP contribution in [0.5, 0.6) is 0 Å². The third-order valence-corrected chi connectivity index (χ3v) is 4.31. The second kappa shape index (κ2) is 6.42. The minimum Gasteiger partial charge on any atom is -0.369 e. The van der Waals surface area contributed by atoms with Gasteiger partial charge in [-0.25, -0.2) is 9.97 Å². The summed E-state index contributed by atoms with van der Waals surface area (Å²) >= 11 is 3.89. The van der Waals surface area contributed by atoms with Crippen LogP contribution in [0.2, 0.25) is 0 Å². The van der Waals surface area contributed by atoms with Crippen LogP contribution in [0.1, 0.15) is 26.0 Å². The number of hydrogen-bond donors (Lipinski definition) is 1. The van der Waals surface area contributed by atoms with Gasteiger partial charge in [0.25, 0.3) is 0 Å². The lowest BCUT2D eigenvalue weighted by atomic mass is 10.2. The lowest BCUT2D eigenvalue weighted by Gasteiger charge is -2.10. The van der Waals surface area contributed by atoms with E-state index in [9.17, 15) is 0 Å². The lowest BCUT2D eigenvalue weighted by molar-refractivity contribution is 0.867. The summed E-state index contributed by atoms with van der Waals surface area (Å²) < 4.78 is 1.13. The summed E-state index contributed by atoms with van der Waals surface area (Å²) in [4.78, 5) is 14.4. The van der Waals surface area contributed by atoms with Crippen LogP contribution in [0, 0.1) is 3.57 Å². The molecule has 2 aromatic heterocycles. The summed E-state index contributed by atoms with van der Waals surface area (Å²) in [7, 11) is 0. The Balaban J connectivity index is 2.47. The molecule has 1 N–H and O–H groups in total. The number of nitrogens with zero attached hydrogens (tertiary/aromatic N) is 3. The number of hydrogen-bond acceptors (Lipinski definition) is 5. The molecule has 0 amide bonds. The van der Waals surface area contributed by atoms with E-state index in [1.165, 1.54) is 0 Å². The average molecular weight is 374 g/mol. The fourth-order valence-electron chi connectivity index (χ4n) is 1.62. The van der Waals surface area contributed by atoms with Crippen LogP contribution >= 0.6 is 33.9 Å². The van der Waals surface area contributed by atoms with Crippen LogP contribution in [0.15, 0.2) is 11.7 Å². The van der Waals surface area contributed by atoms with Gasteiger partial charge in [0.05, 0.1) is 19.7 Å². The van der Waals surface area contributed by atoms with E-state index in [4.69, 9.17) is 0 Å². The van der Waals surface area contributed by atoms with Crippen LogP contribution in [0.25, 0.3) is 10.7 Å². The summed E-state index contributed by atoms with van der Waals surface area (Å²) in [5, 5.41) is 3.30. The Labute approximate surface area is 124 Å². The van der Waals surface area contributed by atoms with E-state index in [1.807, 2.05) is 11.7 Å². The molecule has 96 valence electrons. The summed E-state index contributed by atoms with van der Waals surface area (Å²) in [6, 6.07) is 0. The second-order valence-electron chi connectivity index (χ2n) is 3.80. The van der Waals surface area contributed by atoms with E-state index in [-0.39, 0.29) is 0 Å². The van der Waals surface area contributed by atoms with Crippen molar-refractivity contribution >= 4 is 39.7 Å². The van der Waals surface area contributed by atoms with E-state index >= 15 is 0 Å². The molecule has 2 rings (SSSR count). The zero-order chi connectivity index (χ0) is 13.0. The fraction of sp³-hybridized carbons (Fsp3) is 0.417. The zero-order valence-electron chi connectivity index (χ0n) is 10.4. The molecule has 2 aromatic rings. The molecule has 0 saturated heterocycles. The molecule has 0 atom stereocenters. The highest BCUT2D eigenvalue weighted by Crippen LogP contribution is 2.26. The molecular weight excluding hydrogens is 359 g/mol. The van der Waals surface area contributed by atoms with Crippen LogP contribution in [-0.2, 0) is 6.42 Å². The highest BCUT2D eigenvalue weighted by molar-refractivity contribution is 14.1. The number of aryl methyl sites for hydroxylation is 1. The first-order valence-corrected chi connectivity index (χ1v) is 7.91. The summed E-state index contributed by atoms with van der Waals surface area (Å²) in [6.45, 7) is 5.10. The third-order valence-electron chi connectivity index (χ3n) is 2.40. The molecule has 2 heterocycles. The molecule has 0 aliphatic rings. The Morgan fingerprint density at radius 3 is 2.78 bits per heavy atom. The Kier molecular flexibility index (Phi) is 4.87. The summed E-state index contributed by atoms with van der Waals surface area (Å²) in [6.07, 6.45) is 3.88. The molecule has 6 heteroatoms. The van der Waals surface area contributed by atoms with Gasteiger partial charge in [0.15, 0.2) is 5.82 Å². The van der Waals surface area contributed by atoms with E-state index in [0.29, 0.717) is 0 Å². The van der Waals surface area contributed by atoms with Gasteiger partial charge in [-0.1, -0.05) is 13.3 Å². The SMILES string of the molecule is CCCc1nc(-c2cncs2)nc(NCC)c1I. The molecule has 0 fully saturated rings. The molecule has 0 radical (unpaired) electrons. The maximum absolute atomic E-state index is 4.66. The van der Waals surface area contributed by atoms with Crippen molar-refractivity contribution in [3.63, 3.8) is 0 Å². The van der Waals surface area contributed by atoms with E-state index < -0.39 is 0 Å². The van der Waals surface area contributed by atoms with Gasteiger partial charge in [-0.2, -0.15) is 0 Å². The molecule has 0 spiro atoms. The van der Waals surface area contributed by atoms with Gasteiger partial charge >= 0.3 is 0 Å². The van der Waals surface area contributed by atoms with Gasteiger partial charge in [-0.3, -0.25) is 4.98 Å². The van der Waals surface area contributed by atoms with Gasteiger partial charge in [-0.15, -0.1) is 11.3 Å². The van der Waals surface area contributed by atoms with Gasteiger partial charge in [0.1, 0.15) is 5.82 Å². The maximum atomic E-state index is 4.66. The molecule has 0 aliphatic heterocycles. The van der Waals surface area contributed by atoms with Crippen molar-refractivity contribution < 1.29 is 0 Å². The molecule has 0 aliphatic carbocycles. The predicted octanol–water partition coefficient (Wildman–Crippen LogP) is 3.59. The second-order valence-corrected chi connectivity index (χ2v) is 5.77. The fourth-order valence-corrected chi connectivity index (χ4v) is 2.87. The van der Waals surface area contributed by atoms with Crippen LogP contribution < -0.4 is 5.32 Å². The molecule has 18 heavy (non-hydrogen) atoms. The normalized spacial score (nSPS) is 10.6. The first-order chi connectivity index (χ1) is 8.76. The first-order valence-electron chi connectivity index (χ1n) is 5.95. The zero-order valence-corrected chi connectivity index (χ0v) is 13.4. The average Bonchev–Trinajstić information content (AvgIpc) is 2.88. The van der Waals surface area contributed by atoms with Crippen LogP contribution in [0.3, 0.4) is 0 Å². The van der Waals surface area contributed by atoms with E-state index in [2.05, 4.69) is 56.7 Å². The monoisotopic (exact) mass is 374 g/mol. The Hall–Kier alpha value is -0.760. The Morgan fingerprint density at radius 2 is 2.17 bits per heavy atom. The highest BCUT2D eigenvalue weighted by Gasteiger charge is 2.13. The molecular formula is C12H15IN4S. The lowest BCUT2D eigenvalue weighted by Crippen LogP contribution is -2.07. The standard InChI is InChI=1S/C12H15IN4S/c1-3-5-8-10(13)12(15-4-2)17-11(16-8)9-6-14-7-18-9/h6-7H,3-5H2,1-2H3,(H,15,16,17). The van der Waals surface area contributed by atoms with Crippen molar-refractivity contribution in [2.45, 2.75) is 26.7 Å². The quantitative estimate of drug-likeness (QED) is 0.813. The smallest absolute Gasteiger partial charge is 0.173 e. The number of anilines is 1. The van der Waals surface area contributed by atoms with Crippen molar-refractivity contribution in [2.75, 3.05) is 11.9 Å². The van der Waals surface area contributed by atoms with Crippen molar-refractivity contribution in [1.29, 1.82) is 0 Å². The van der Waals surface area contributed by atoms with Crippen LogP contribution in [-0.4, -0.2) is 21.5 Å². The van der Waals surface area contributed by atoms with Crippen molar-refractivity contribution in [1.82, 2.24) is 15.0 Å². The Morgan fingerprint density at radius 1 is 1.33 bits per heavy atom. The molecule has 4 nitrogen and oxygen atoms in total. The predicted molar refractivity (Wildman–Crippen MR) is 84.0 cm³/mol. The summed E-state index contributed by atoms with van der Waals surface area (Å²) in [5.74, 6) is 1.71. The first kappa shape index (κ1) is 13.7. The number of halogens is 1. The van der Waals surface area contributed by atoms with Crippen LogP contribution in [0.4, 0.5) is 5.82 Å². The minimum atomic E-state index is 0.775. The topological polar surface area (TPSA) is 50.7 Å². The van der Waals surface area contributed by atoms with Crippen molar-refractivity contribution in [3.8, 4) is 10.7 Å². The van der Waals surface area contributed by atoms with Gasteiger partial charge in [-0.05, 0) is 35.9 Å². The van der Waals surface area contributed by atoms with Gasteiger partial charge in [0.2, 0.25) is 0 Å². The number of aromatic nitrogens is 3. The molecule has 0 unspecified atom stereocenters.